The summed E-state index contributed by atoms with van der Waals surface area (Å²) in [6, 6.07) is 12.3. The molecule has 3 aromatic rings. The molecule has 0 saturated carbocycles. The third kappa shape index (κ3) is 5.40. The van der Waals surface area contributed by atoms with Gasteiger partial charge in [0.15, 0.2) is 0 Å². The molecule has 2 atom stereocenters. The number of carbonyl (C=O) groups excluding carboxylic acids is 2. The average Bonchev–Trinajstić information content (AvgIpc) is 3.17. The van der Waals surface area contributed by atoms with Crippen LogP contribution in [0.4, 0.5) is 4.39 Å². The van der Waals surface area contributed by atoms with Crippen LogP contribution < -0.4 is 10.6 Å². The molecule has 2 aromatic carbocycles. The van der Waals surface area contributed by atoms with Crippen molar-refractivity contribution in [1.29, 1.82) is 0 Å². The Bertz CT molecular complexity index is 1010. The number of halogens is 1. The minimum Gasteiger partial charge on any atom is -0.467 e. The zero-order chi connectivity index (χ0) is 21.5. The summed E-state index contributed by atoms with van der Waals surface area (Å²) >= 11 is 4.25. The van der Waals surface area contributed by atoms with Gasteiger partial charge in [-0.15, -0.1) is 0 Å². The van der Waals surface area contributed by atoms with Gasteiger partial charge in [0.2, 0.25) is 5.91 Å². The third-order valence-corrected chi connectivity index (χ3v) is 5.23. The number of methoxy groups -OCH3 is 1. The second-order valence-corrected chi connectivity index (χ2v) is 7.26. The molecule has 0 spiro atoms. The quantitative estimate of drug-likeness (QED) is 0.311. The SMILES string of the molecule is COC(=O)[C@H](Cc1c[nH]c2ccccc12)NC(=O)[C@H](CS)NCc1ccc(F)cc1. The van der Waals surface area contributed by atoms with Crippen LogP contribution in [0.5, 0.6) is 0 Å². The first-order valence-corrected chi connectivity index (χ1v) is 10.2. The van der Waals surface area contributed by atoms with E-state index < -0.39 is 18.1 Å². The molecule has 1 amide bonds. The fourth-order valence-corrected chi connectivity index (χ4v) is 3.51. The van der Waals surface area contributed by atoms with Crippen molar-refractivity contribution in [3.05, 3.63) is 71.7 Å². The maximum atomic E-state index is 13.0. The van der Waals surface area contributed by atoms with E-state index >= 15 is 0 Å². The molecule has 0 saturated heterocycles. The number of nitrogens with one attached hydrogen (secondary N) is 3. The van der Waals surface area contributed by atoms with Crippen LogP contribution in [0.1, 0.15) is 11.1 Å². The van der Waals surface area contributed by atoms with E-state index in [1.54, 1.807) is 12.1 Å². The van der Waals surface area contributed by atoms with Crippen molar-refractivity contribution in [3.8, 4) is 0 Å². The monoisotopic (exact) mass is 429 g/mol. The summed E-state index contributed by atoms with van der Waals surface area (Å²) in [5.74, 6) is -0.971. The molecule has 1 heterocycles. The minimum absolute atomic E-state index is 0.230. The number of rotatable bonds is 9. The van der Waals surface area contributed by atoms with E-state index in [2.05, 4.69) is 28.2 Å². The Morgan fingerprint density at radius 3 is 2.57 bits per heavy atom. The summed E-state index contributed by atoms with van der Waals surface area (Å²) in [5, 5.41) is 6.84. The zero-order valence-corrected chi connectivity index (χ0v) is 17.4. The lowest BCUT2D eigenvalue weighted by molar-refractivity contribution is -0.145. The number of fused-ring (bicyclic) bond motifs is 1. The van der Waals surface area contributed by atoms with Crippen molar-refractivity contribution in [1.82, 2.24) is 15.6 Å². The van der Waals surface area contributed by atoms with E-state index in [0.29, 0.717) is 13.0 Å². The molecule has 0 aliphatic carbocycles. The van der Waals surface area contributed by atoms with Gasteiger partial charge in [-0.05, 0) is 29.3 Å². The third-order valence-electron chi connectivity index (χ3n) is 4.87. The van der Waals surface area contributed by atoms with Crippen LogP contribution in [0.3, 0.4) is 0 Å². The Labute approximate surface area is 179 Å². The number of hydrogen-bond acceptors (Lipinski definition) is 5. The molecular weight excluding hydrogens is 405 g/mol. The van der Waals surface area contributed by atoms with Gasteiger partial charge in [0.1, 0.15) is 11.9 Å². The summed E-state index contributed by atoms with van der Waals surface area (Å²) in [5.41, 5.74) is 2.69. The van der Waals surface area contributed by atoms with Crippen LogP contribution in [0.25, 0.3) is 10.9 Å². The number of carbonyl (C=O) groups is 2. The van der Waals surface area contributed by atoms with E-state index in [-0.39, 0.29) is 17.5 Å². The Hall–Kier alpha value is -2.84. The molecule has 158 valence electrons. The summed E-state index contributed by atoms with van der Waals surface area (Å²) in [6.07, 6.45) is 2.12. The van der Waals surface area contributed by atoms with Crippen LogP contribution in [0.15, 0.2) is 54.7 Å². The minimum atomic E-state index is -0.836. The first-order chi connectivity index (χ1) is 14.5. The van der Waals surface area contributed by atoms with Crippen molar-refractivity contribution in [3.63, 3.8) is 0 Å². The van der Waals surface area contributed by atoms with Gasteiger partial charge in [0, 0.05) is 35.8 Å². The number of hydrogen-bond donors (Lipinski definition) is 4. The largest absolute Gasteiger partial charge is 0.467 e. The fourth-order valence-electron chi connectivity index (χ4n) is 3.21. The van der Waals surface area contributed by atoms with Crippen molar-refractivity contribution in [2.45, 2.75) is 25.0 Å². The lowest BCUT2D eigenvalue weighted by Crippen LogP contribution is -2.51. The second kappa shape index (κ2) is 10.3. The van der Waals surface area contributed by atoms with Crippen LogP contribution >= 0.6 is 12.6 Å². The molecule has 8 heteroatoms. The van der Waals surface area contributed by atoms with Crippen molar-refractivity contribution in [2.75, 3.05) is 12.9 Å². The first kappa shape index (κ1) is 21.9. The van der Waals surface area contributed by atoms with Crippen LogP contribution in [0.2, 0.25) is 0 Å². The van der Waals surface area contributed by atoms with Crippen LogP contribution in [0, 0.1) is 5.82 Å². The van der Waals surface area contributed by atoms with Gasteiger partial charge in [0.05, 0.1) is 13.2 Å². The Balaban J connectivity index is 1.67. The first-order valence-electron chi connectivity index (χ1n) is 9.53. The van der Waals surface area contributed by atoms with E-state index in [0.717, 1.165) is 22.0 Å². The van der Waals surface area contributed by atoms with Gasteiger partial charge in [-0.1, -0.05) is 30.3 Å². The predicted molar refractivity (Wildman–Crippen MR) is 117 cm³/mol. The summed E-state index contributed by atoms with van der Waals surface area (Å²) in [7, 11) is 1.29. The molecule has 1 aromatic heterocycles. The highest BCUT2D eigenvalue weighted by atomic mass is 32.1. The molecule has 30 heavy (non-hydrogen) atoms. The Morgan fingerprint density at radius 1 is 1.13 bits per heavy atom. The molecule has 0 aliphatic heterocycles. The number of aromatic nitrogens is 1. The number of amides is 1. The molecule has 3 N–H and O–H groups in total. The number of aromatic amines is 1. The second-order valence-electron chi connectivity index (χ2n) is 6.89. The van der Waals surface area contributed by atoms with Crippen LogP contribution in [-0.2, 0) is 27.3 Å². The number of thiol groups is 1. The standard InChI is InChI=1S/C22H24FN3O3S/c1-29-22(28)19(10-15-12-25-18-5-3-2-4-17(15)18)26-21(27)20(13-30)24-11-14-6-8-16(23)9-7-14/h2-9,12,19-20,24-25,30H,10-11,13H2,1H3,(H,26,27)/t19-,20-/m0/s1. The molecular formula is C22H24FN3O3S. The zero-order valence-electron chi connectivity index (χ0n) is 16.5. The highest BCUT2D eigenvalue weighted by Crippen LogP contribution is 2.19. The van der Waals surface area contributed by atoms with Gasteiger partial charge in [0.25, 0.3) is 0 Å². The van der Waals surface area contributed by atoms with Crippen molar-refractivity contribution < 1.29 is 18.7 Å². The fraction of sp³-hybridized carbons (Fsp3) is 0.273. The molecule has 0 bridgehead atoms. The molecule has 0 unspecified atom stereocenters. The Morgan fingerprint density at radius 2 is 1.87 bits per heavy atom. The summed E-state index contributed by atoms with van der Waals surface area (Å²) in [4.78, 5) is 28.2. The normalized spacial score (nSPS) is 13.0. The lowest BCUT2D eigenvalue weighted by Gasteiger charge is -2.21. The van der Waals surface area contributed by atoms with E-state index in [1.165, 1.54) is 19.2 Å². The average molecular weight is 430 g/mol. The van der Waals surface area contributed by atoms with E-state index in [4.69, 9.17) is 4.74 Å². The topological polar surface area (TPSA) is 83.2 Å². The van der Waals surface area contributed by atoms with Crippen molar-refractivity contribution in [2.24, 2.45) is 0 Å². The predicted octanol–water partition coefficient (Wildman–Crippen LogP) is 2.60. The summed E-state index contributed by atoms with van der Waals surface area (Å²) < 4.78 is 17.9. The number of para-hydroxylation sites is 1. The number of ether oxygens (including phenoxy) is 1. The molecule has 0 aliphatic rings. The van der Waals surface area contributed by atoms with E-state index in [1.807, 2.05) is 30.5 Å². The smallest absolute Gasteiger partial charge is 0.328 e. The maximum Gasteiger partial charge on any atom is 0.328 e. The van der Waals surface area contributed by atoms with Gasteiger partial charge >= 0.3 is 5.97 Å². The van der Waals surface area contributed by atoms with E-state index in [9.17, 15) is 14.0 Å². The van der Waals surface area contributed by atoms with Gasteiger partial charge in [-0.2, -0.15) is 12.6 Å². The highest BCUT2D eigenvalue weighted by molar-refractivity contribution is 7.80. The van der Waals surface area contributed by atoms with Gasteiger partial charge in [-0.25, -0.2) is 9.18 Å². The molecule has 0 radical (unpaired) electrons. The lowest BCUT2D eigenvalue weighted by atomic mass is 10.0. The highest BCUT2D eigenvalue weighted by Gasteiger charge is 2.26. The van der Waals surface area contributed by atoms with Crippen molar-refractivity contribution >= 4 is 35.4 Å². The molecule has 3 rings (SSSR count). The number of H-pyrrole nitrogens is 1. The van der Waals surface area contributed by atoms with Gasteiger partial charge < -0.3 is 20.4 Å². The molecule has 6 nitrogen and oxygen atoms in total. The maximum absolute atomic E-state index is 13.0. The van der Waals surface area contributed by atoms with Gasteiger partial charge in [-0.3, -0.25) is 4.79 Å². The molecule has 0 fully saturated rings. The summed E-state index contributed by atoms with van der Waals surface area (Å²) in [6.45, 7) is 0.365. The Kier molecular flexibility index (Phi) is 7.48. The van der Waals surface area contributed by atoms with Crippen LogP contribution in [-0.4, -0.2) is 41.8 Å². The number of esters is 1. The number of benzene rings is 2.